The summed E-state index contributed by atoms with van der Waals surface area (Å²) in [4.78, 5) is 4.24. The number of thiophene rings is 1. The van der Waals surface area contributed by atoms with E-state index in [0.29, 0.717) is 12.2 Å². The Morgan fingerprint density at radius 3 is 2.95 bits per heavy atom. The molecule has 0 N–H and O–H groups in total. The van der Waals surface area contributed by atoms with Gasteiger partial charge in [-0.15, -0.1) is 11.3 Å². The molecule has 4 aliphatic rings. The Morgan fingerprint density at radius 1 is 1.27 bits per heavy atom. The highest BCUT2D eigenvalue weighted by atomic mass is 32.1. The summed E-state index contributed by atoms with van der Waals surface area (Å²) in [6, 6.07) is 2.32. The molecular formula is C18H25NO2S. The van der Waals surface area contributed by atoms with E-state index in [1.807, 2.05) is 11.3 Å². The minimum absolute atomic E-state index is 0.0370. The van der Waals surface area contributed by atoms with Crippen LogP contribution in [0.4, 0.5) is 0 Å². The zero-order valence-electron chi connectivity index (χ0n) is 13.1. The summed E-state index contributed by atoms with van der Waals surface area (Å²) in [6.07, 6.45) is 8.50. The molecule has 4 heteroatoms. The third kappa shape index (κ3) is 2.19. The number of nitrogens with zero attached hydrogens (tertiary/aromatic N) is 1. The van der Waals surface area contributed by atoms with Crippen molar-refractivity contribution in [1.29, 1.82) is 0 Å². The first-order valence-electron chi connectivity index (χ1n) is 8.91. The van der Waals surface area contributed by atoms with Crippen LogP contribution in [-0.2, 0) is 21.5 Å². The lowest BCUT2D eigenvalue weighted by atomic mass is 9.81. The lowest BCUT2D eigenvalue weighted by molar-refractivity contribution is -0.0989. The predicted molar refractivity (Wildman–Crippen MR) is 87.3 cm³/mol. The van der Waals surface area contributed by atoms with Crippen LogP contribution in [0.1, 0.15) is 42.5 Å². The predicted octanol–water partition coefficient (Wildman–Crippen LogP) is 3.18. The summed E-state index contributed by atoms with van der Waals surface area (Å²) in [5.74, 6) is 0.789. The Morgan fingerprint density at radius 2 is 2.18 bits per heavy atom. The molecule has 3 fully saturated rings. The SMILES string of the molecule is c1cc2c(s1)CCOC21CCN(C[C@H]2C[C@@H]3CC[C@H]2O3)CC1. The molecule has 0 amide bonds. The van der Waals surface area contributed by atoms with Gasteiger partial charge in [-0.1, -0.05) is 0 Å². The third-order valence-corrected chi connectivity index (χ3v) is 7.31. The van der Waals surface area contributed by atoms with Crippen molar-refractivity contribution in [1.82, 2.24) is 4.90 Å². The van der Waals surface area contributed by atoms with Gasteiger partial charge in [0.05, 0.1) is 24.4 Å². The summed E-state index contributed by atoms with van der Waals surface area (Å²) in [7, 11) is 0. The average molecular weight is 319 g/mol. The van der Waals surface area contributed by atoms with Crippen LogP contribution in [0.15, 0.2) is 11.4 Å². The molecule has 0 saturated carbocycles. The number of ether oxygens (including phenoxy) is 2. The summed E-state index contributed by atoms with van der Waals surface area (Å²) < 4.78 is 12.3. The highest BCUT2D eigenvalue weighted by molar-refractivity contribution is 7.10. The van der Waals surface area contributed by atoms with Crippen LogP contribution in [0.25, 0.3) is 0 Å². The summed E-state index contributed by atoms with van der Waals surface area (Å²) in [6.45, 7) is 4.52. The van der Waals surface area contributed by atoms with Gasteiger partial charge >= 0.3 is 0 Å². The first-order valence-corrected chi connectivity index (χ1v) is 9.79. The van der Waals surface area contributed by atoms with E-state index in [1.54, 1.807) is 4.88 Å². The maximum absolute atomic E-state index is 6.31. The van der Waals surface area contributed by atoms with Crippen molar-refractivity contribution in [2.24, 2.45) is 5.92 Å². The molecule has 0 aliphatic carbocycles. The quantitative estimate of drug-likeness (QED) is 0.836. The number of rotatable bonds is 2. The van der Waals surface area contributed by atoms with E-state index in [0.717, 1.165) is 18.9 Å². The second kappa shape index (κ2) is 5.30. The van der Waals surface area contributed by atoms with Gasteiger partial charge in [0.2, 0.25) is 0 Å². The minimum atomic E-state index is 0.0370. The monoisotopic (exact) mass is 319 g/mol. The fraction of sp³-hybridized carbons (Fsp3) is 0.778. The van der Waals surface area contributed by atoms with E-state index in [1.165, 1.54) is 57.3 Å². The van der Waals surface area contributed by atoms with Crippen LogP contribution >= 0.6 is 11.3 Å². The fourth-order valence-corrected chi connectivity index (χ4v) is 6.08. The van der Waals surface area contributed by atoms with Gasteiger partial charge in [0.15, 0.2) is 0 Å². The molecule has 0 radical (unpaired) electrons. The molecule has 2 bridgehead atoms. The van der Waals surface area contributed by atoms with Gasteiger partial charge in [-0.05, 0) is 49.1 Å². The van der Waals surface area contributed by atoms with Gasteiger partial charge in [-0.2, -0.15) is 0 Å². The molecule has 5 rings (SSSR count). The maximum atomic E-state index is 6.31. The van der Waals surface area contributed by atoms with Crippen molar-refractivity contribution in [3.63, 3.8) is 0 Å². The molecule has 3 atom stereocenters. The molecule has 22 heavy (non-hydrogen) atoms. The van der Waals surface area contributed by atoms with Gasteiger partial charge in [-0.3, -0.25) is 0 Å². The Labute approximate surface area is 136 Å². The molecule has 1 spiro atoms. The van der Waals surface area contributed by atoms with E-state index in [4.69, 9.17) is 9.47 Å². The molecule has 3 saturated heterocycles. The summed E-state index contributed by atoms with van der Waals surface area (Å²) >= 11 is 1.92. The number of fused-ring (bicyclic) bond motifs is 4. The molecule has 120 valence electrons. The van der Waals surface area contributed by atoms with E-state index >= 15 is 0 Å². The van der Waals surface area contributed by atoms with Crippen LogP contribution in [0.5, 0.6) is 0 Å². The normalized spacial score (nSPS) is 36.8. The highest BCUT2D eigenvalue weighted by Gasteiger charge is 2.44. The molecule has 5 heterocycles. The van der Waals surface area contributed by atoms with Crippen LogP contribution in [0.3, 0.4) is 0 Å². The van der Waals surface area contributed by atoms with E-state index in [2.05, 4.69) is 16.3 Å². The largest absolute Gasteiger partial charge is 0.375 e. The summed E-state index contributed by atoms with van der Waals surface area (Å²) in [5.41, 5.74) is 1.54. The molecule has 3 nitrogen and oxygen atoms in total. The van der Waals surface area contributed by atoms with Crippen molar-refractivity contribution in [3.8, 4) is 0 Å². The van der Waals surface area contributed by atoms with Crippen molar-refractivity contribution < 1.29 is 9.47 Å². The Hall–Kier alpha value is -0.420. The van der Waals surface area contributed by atoms with Crippen LogP contribution in [-0.4, -0.2) is 43.3 Å². The molecule has 0 unspecified atom stereocenters. The topological polar surface area (TPSA) is 21.7 Å². The number of likely N-dealkylation sites (tertiary alicyclic amines) is 1. The fourth-order valence-electron chi connectivity index (χ4n) is 5.13. The zero-order valence-corrected chi connectivity index (χ0v) is 13.9. The average Bonchev–Trinajstić information content (AvgIpc) is 3.26. The highest BCUT2D eigenvalue weighted by Crippen LogP contribution is 2.44. The van der Waals surface area contributed by atoms with Gasteiger partial charge in [0.1, 0.15) is 0 Å². The first kappa shape index (κ1) is 14.0. The second-order valence-electron chi connectivity index (χ2n) is 7.52. The Bertz CT molecular complexity index is 549. The smallest absolute Gasteiger partial charge is 0.0966 e. The van der Waals surface area contributed by atoms with Crippen molar-refractivity contribution in [3.05, 3.63) is 21.9 Å². The molecule has 1 aromatic heterocycles. The van der Waals surface area contributed by atoms with Crippen LogP contribution in [0.2, 0.25) is 0 Å². The minimum Gasteiger partial charge on any atom is -0.375 e. The molecular weight excluding hydrogens is 294 g/mol. The van der Waals surface area contributed by atoms with Gasteiger partial charge in [0, 0.05) is 36.9 Å². The van der Waals surface area contributed by atoms with Crippen molar-refractivity contribution >= 4 is 11.3 Å². The zero-order chi connectivity index (χ0) is 14.6. The van der Waals surface area contributed by atoms with E-state index in [9.17, 15) is 0 Å². The number of hydrogen-bond acceptors (Lipinski definition) is 4. The third-order valence-electron chi connectivity index (χ3n) is 6.33. The summed E-state index contributed by atoms with van der Waals surface area (Å²) in [5, 5.41) is 2.25. The maximum Gasteiger partial charge on any atom is 0.0966 e. The molecule has 0 aromatic carbocycles. The number of hydrogen-bond donors (Lipinski definition) is 0. The standard InChI is InChI=1S/C18H25NO2S/c1-2-16-13(11-14(1)21-16)12-19-7-5-18(6-8-19)15-4-10-22-17(15)3-9-20-18/h4,10,13-14,16H,1-3,5-9,11-12H2/t13-,14+,16-/m1/s1. The van der Waals surface area contributed by atoms with Crippen LogP contribution in [0, 0.1) is 5.92 Å². The van der Waals surface area contributed by atoms with Gasteiger partial charge in [-0.25, -0.2) is 0 Å². The lowest BCUT2D eigenvalue weighted by Crippen LogP contribution is -2.47. The Balaban J connectivity index is 1.25. The second-order valence-corrected chi connectivity index (χ2v) is 8.52. The molecule has 4 aliphatic heterocycles. The molecule has 1 aromatic rings. The van der Waals surface area contributed by atoms with Crippen molar-refractivity contribution in [2.45, 2.75) is 56.3 Å². The van der Waals surface area contributed by atoms with E-state index in [-0.39, 0.29) is 5.60 Å². The van der Waals surface area contributed by atoms with Gasteiger partial charge in [0.25, 0.3) is 0 Å². The van der Waals surface area contributed by atoms with Crippen LogP contribution < -0.4 is 0 Å². The van der Waals surface area contributed by atoms with E-state index < -0.39 is 0 Å². The van der Waals surface area contributed by atoms with Gasteiger partial charge < -0.3 is 14.4 Å². The van der Waals surface area contributed by atoms with Crippen molar-refractivity contribution in [2.75, 3.05) is 26.2 Å². The Kier molecular flexibility index (Phi) is 3.37. The lowest BCUT2D eigenvalue weighted by Gasteiger charge is -2.44. The first-order chi connectivity index (χ1) is 10.8. The number of piperidine rings is 1.